The van der Waals surface area contributed by atoms with Crippen LogP contribution in [0.3, 0.4) is 0 Å². The quantitative estimate of drug-likeness (QED) is 0.362. The minimum Gasteiger partial charge on any atom is -0.100 e. The number of rotatable bonds is 8. The van der Waals surface area contributed by atoms with E-state index in [1.807, 2.05) is 0 Å². The van der Waals surface area contributed by atoms with E-state index in [2.05, 4.69) is 30.3 Å². The summed E-state index contributed by atoms with van der Waals surface area (Å²) in [6, 6.07) is 11.7. The molecular formula is C27H44P2. The lowest BCUT2D eigenvalue weighted by atomic mass is 9.99. The number of hydrogen-bond donors (Lipinski definition) is 0. The van der Waals surface area contributed by atoms with Crippen LogP contribution in [0.4, 0.5) is 0 Å². The predicted octanol–water partition coefficient (Wildman–Crippen LogP) is 8.66. The molecule has 1 atom stereocenters. The lowest BCUT2D eigenvalue weighted by Gasteiger charge is -2.39. The Bertz CT molecular complexity index is 535. The molecule has 0 spiro atoms. The summed E-state index contributed by atoms with van der Waals surface area (Å²) >= 11 is 0. The van der Waals surface area contributed by atoms with Gasteiger partial charge in [0.05, 0.1) is 0 Å². The van der Waals surface area contributed by atoms with Gasteiger partial charge in [-0.05, 0) is 79.6 Å². The van der Waals surface area contributed by atoms with E-state index in [0.29, 0.717) is 7.92 Å². The van der Waals surface area contributed by atoms with Gasteiger partial charge in [-0.3, -0.25) is 0 Å². The van der Waals surface area contributed by atoms with E-state index in [1.54, 1.807) is 37.1 Å². The van der Waals surface area contributed by atoms with E-state index in [9.17, 15) is 0 Å². The van der Waals surface area contributed by atoms with Crippen molar-refractivity contribution in [1.82, 2.24) is 0 Å². The molecule has 3 aliphatic carbocycles. The predicted molar refractivity (Wildman–Crippen MR) is 135 cm³/mol. The maximum Gasteiger partial charge on any atom is -0.0169 e. The van der Waals surface area contributed by atoms with E-state index in [4.69, 9.17) is 0 Å². The van der Waals surface area contributed by atoms with E-state index in [0.717, 1.165) is 17.0 Å². The fourth-order valence-corrected chi connectivity index (χ4v) is 13.7. The van der Waals surface area contributed by atoms with Crippen LogP contribution in [0.15, 0.2) is 30.3 Å². The van der Waals surface area contributed by atoms with Gasteiger partial charge in [0.2, 0.25) is 0 Å². The first-order chi connectivity index (χ1) is 14.4. The Morgan fingerprint density at radius 2 is 1.03 bits per heavy atom. The smallest absolute Gasteiger partial charge is 0.0169 e. The Labute approximate surface area is 183 Å². The third-order valence-electron chi connectivity index (χ3n) is 8.01. The van der Waals surface area contributed by atoms with Crippen molar-refractivity contribution in [2.24, 2.45) is 0 Å². The van der Waals surface area contributed by atoms with E-state index < -0.39 is 0 Å². The molecule has 1 aromatic carbocycles. The maximum absolute atomic E-state index is 2.46. The van der Waals surface area contributed by atoms with Gasteiger partial charge in [0.25, 0.3) is 0 Å². The van der Waals surface area contributed by atoms with Crippen molar-refractivity contribution in [2.45, 2.75) is 120 Å². The van der Waals surface area contributed by atoms with Gasteiger partial charge in [-0.15, -0.1) is 7.92 Å². The van der Waals surface area contributed by atoms with Crippen molar-refractivity contribution in [3.8, 4) is 0 Å². The molecule has 0 aromatic heterocycles. The minimum atomic E-state index is 0.0709. The normalized spacial score (nSPS) is 24.0. The summed E-state index contributed by atoms with van der Waals surface area (Å²) in [5.74, 6) is 0. The summed E-state index contributed by atoms with van der Waals surface area (Å²) in [6.07, 6.45) is 27.7. The molecular weight excluding hydrogens is 386 g/mol. The van der Waals surface area contributed by atoms with Crippen molar-refractivity contribution >= 4 is 21.1 Å². The van der Waals surface area contributed by atoms with Crippen LogP contribution < -0.4 is 5.30 Å². The molecule has 0 aliphatic heterocycles. The largest absolute Gasteiger partial charge is 0.100 e. The fourth-order valence-electron chi connectivity index (χ4n) is 6.45. The van der Waals surface area contributed by atoms with Crippen LogP contribution in [-0.4, -0.2) is 29.3 Å². The summed E-state index contributed by atoms with van der Waals surface area (Å²) in [4.78, 5) is 0. The molecule has 0 nitrogen and oxygen atoms in total. The van der Waals surface area contributed by atoms with Crippen LogP contribution in [0.1, 0.15) is 103 Å². The van der Waals surface area contributed by atoms with Crippen LogP contribution in [0.5, 0.6) is 0 Å². The molecule has 3 aliphatic rings. The van der Waals surface area contributed by atoms with Crippen LogP contribution in [0.25, 0.3) is 0 Å². The van der Waals surface area contributed by atoms with Crippen LogP contribution >= 0.6 is 15.8 Å². The van der Waals surface area contributed by atoms with Crippen molar-refractivity contribution in [1.29, 1.82) is 0 Å². The molecule has 1 unspecified atom stereocenters. The number of hydrogen-bond acceptors (Lipinski definition) is 0. The Hall–Kier alpha value is 0.0800. The Kier molecular flexibility index (Phi) is 9.37. The van der Waals surface area contributed by atoms with Gasteiger partial charge in [0, 0.05) is 0 Å². The molecule has 3 saturated carbocycles. The molecule has 0 heterocycles. The standard InChI is InChI=1S/C27H44P2/c1-5-14-24(15-6-1)28(25-16-7-2-8-17-25)22-13-23-29(26-18-9-3-10-19-26)27-20-11-4-12-21-27/h1,5-6,14-15,25-27H,2-4,7-13,16-23H2. The Morgan fingerprint density at radius 1 is 0.552 bits per heavy atom. The monoisotopic (exact) mass is 430 g/mol. The van der Waals surface area contributed by atoms with Gasteiger partial charge in [-0.25, -0.2) is 0 Å². The summed E-state index contributed by atoms with van der Waals surface area (Å²) < 4.78 is 0. The van der Waals surface area contributed by atoms with Crippen molar-refractivity contribution < 1.29 is 0 Å². The highest BCUT2D eigenvalue weighted by Gasteiger charge is 2.31. The summed E-state index contributed by atoms with van der Waals surface area (Å²) in [6.45, 7) is 0. The fraction of sp³-hybridized carbons (Fsp3) is 0.778. The zero-order valence-corrected chi connectivity index (χ0v) is 20.5. The first kappa shape index (κ1) is 22.3. The van der Waals surface area contributed by atoms with Gasteiger partial charge >= 0.3 is 0 Å². The van der Waals surface area contributed by atoms with E-state index in [-0.39, 0.29) is 7.92 Å². The Morgan fingerprint density at radius 3 is 1.55 bits per heavy atom. The second-order valence-electron chi connectivity index (χ2n) is 10.00. The third-order valence-corrected chi connectivity index (χ3v) is 14.9. The highest BCUT2D eigenvalue weighted by atomic mass is 31.1. The Balaban J connectivity index is 1.39. The summed E-state index contributed by atoms with van der Waals surface area (Å²) in [7, 11) is 0.367. The van der Waals surface area contributed by atoms with Gasteiger partial charge in [-0.2, -0.15) is 0 Å². The average Bonchev–Trinajstić information content (AvgIpc) is 2.81. The minimum absolute atomic E-state index is 0.0709. The lowest BCUT2D eigenvalue weighted by Crippen LogP contribution is -2.23. The molecule has 2 heteroatoms. The van der Waals surface area contributed by atoms with Crippen LogP contribution in [0.2, 0.25) is 0 Å². The second-order valence-corrected chi connectivity index (χ2v) is 15.6. The molecule has 0 saturated heterocycles. The highest BCUT2D eigenvalue weighted by molar-refractivity contribution is 7.66. The number of benzene rings is 1. The van der Waals surface area contributed by atoms with Gasteiger partial charge in [0.1, 0.15) is 0 Å². The zero-order valence-electron chi connectivity index (χ0n) is 18.7. The first-order valence-corrected chi connectivity index (χ1v) is 16.3. The van der Waals surface area contributed by atoms with Gasteiger partial charge < -0.3 is 0 Å². The molecule has 0 N–H and O–H groups in total. The van der Waals surface area contributed by atoms with Gasteiger partial charge in [0.15, 0.2) is 0 Å². The SMILES string of the molecule is c1ccc(P(CCCP(C2CCCCC2)C2CCCCC2)C2CCCCC2)cc1. The van der Waals surface area contributed by atoms with Gasteiger partial charge in [-0.1, -0.05) is 96.0 Å². The highest BCUT2D eigenvalue weighted by Crippen LogP contribution is 2.57. The zero-order chi connectivity index (χ0) is 19.7. The average molecular weight is 431 g/mol. The van der Waals surface area contributed by atoms with Crippen molar-refractivity contribution in [3.05, 3.63) is 30.3 Å². The van der Waals surface area contributed by atoms with Crippen molar-refractivity contribution in [2.75, 3.05) is 12.3 Å². The lowest BCUT2D eigenvalue weighted by molar-refractivity contribution is 0.484. The first-order valence-electron chi connectivity index (χ1n) is 13.0. The molecule has 1 aromatic rings. The van der Waals surface area contributed by atoms with Crippen LogP contribution in [-0.2, 0) is 0 Å². The third kappa shape index (κ3) is 6.53. The summed E-state index contributed by atoms with van der Waals surface area (Å²) in [5.41, 5.74) is 3.30. The molecule has 4 rings (SSSR count). The molecule has 162 valence electrons. The van der Waals surface area contributed by atoms with E-state index in [1.165, 1.54) is 83.2 Å². The molecule has 0 radical (unpaired) electrons. The molecule has 3 fully saturated rings. The van der Waals surface area contributed by atoms with Crippen LogP contribution in [0, 0.1) is 0 Å². The summed E-state index contributed by atoms with van der Waals surface area (Å²) in [5, 5.41) is 1.72. The molecule has 29 heavy (non-hydrogen) atoms. The van der Waals surface area contributed by atoms with Crippen molar-refractivity contribution in [3.63, 3.8) is 0 Å². The maximum atomic E-state index is 2.46. The topological polar surface area (TPSA) is 0 Å². The molecule has 0 amide bonds. The molecule has 0 bridgehead atoms. The van der Waals surface area contributed by atoms with E-state index >= 15 is 0 Å². The second kappa shape index (κ2) is 12.2.